The van der Waals surface area contributed by atoms with Crippen LogP contribution >= 0.6 is 0 Å². The molecular weight excluding hydrogens is 323 g/mol. The molecule has 1 heterocycles. The molecule has 1 aromatic heterocycles. The summed E-state index contributed by atoms with van der Waals surface area (Å²) >= 11 is 0. The third kappa shape index (κ3) is 3.01. The van der Waals surface area contributed by atoms with Gasteiger partial charge in [0.15, 0.2) is 0 Å². The van der Waals surface area contributed by atoms with Crippen molar-refractivity contribution in [2.75, 3.05) is 5.32 Å². The lowest BCUT2D eigenvalue weighted by Gasteiger charge is -2.10. The molecule has 122 valence electrons. The highest BCUT2D eigenvalue weighted by molar-refractivity contribution is 6.12. The van der Waals surface area contributed by atoms with E-state index in [1.54, 1.807) is 18.2 Å². The van der Waals surface area contributed by atoms with E-state index in [0.29, 0.717) is 5.39 Å². The predicted octanol–water partition coefficient (Wildman–Crippen LogP) is 4.06. The Morgan fingerprint density at radius 1 is 1.00 bits per heavy atom. The fourth-order valence-corrected chi connectivity index (χ4v) is 2.28. The lowest BCUT2D eigenvalue weighted by molar-refractivity contribution is -0.137. The van der Waals surface area contributed by atoms with E-state index in [1.165, 1.54) is 18.2 Å². The molecule has 3 aromatic rings. The lowest BCUT2D eigenvalue weighted by atomic mass is 10.1. The third-order valence-electron chi connectivity index (χ3n) is 3.41. The molecule has 0 aliphatic heterocycles. The van der Waals surface area contributed by atoms with Crippen LogP contribution in [-0.4, -0.2) is 5.91 Å². The minimum atomic E-state index is -4.51. The van der Waals surface area contributed by atoms with Gasteiger partial charge in [0.2, 0.25) is 0 Å². The van der Waals surface area contributed by atoms with Crippen molar-refractivity contribution >= 4 is 22.4 Å². The fraction of sp³-hybridized carbons (Fsp3) is 0.0588. The number of hydrogen-bond acceptors (Lipinski definition) is 3. The molecular formula is C17H10F3NO3. The highest BCUT2D eigenvalue weighted by atomic mass is 19.4. The van der Waals surface area contributed by atoms with E-state index in [9.17, 15) is 22.8 Å². The molecule has 0 aliphatic carbocycles. The Morgan fingerprint density at radius 2 is 1.71 bits per heavy atom. The monoisotopic (exact) mass is 333 g/mol. The molecule has 0 atom stereocenters. The molecule has 7 heteroatoms. The van der Waals surface area contributed by atoms with Crippen molar-refractivity contribution in [2.45, 2.75) is 6.18 Å². The zero-order valence-electron chi connectivity index (χ0n) is 12.1. The number of rotatable bonds is 2. The second kappa shape index (κ2) is 5.84. The van der Waals surface area contributed by atoms with Gasteiger partial charge >= 0.3 is 11.8 Å². The number of amides is 1. The van der Waals surface area contributed by atoms with Gasteiger partial charge in [0.05, 0.1) is 16.5 Å². The molecule has 0 saturated heterocycles. The maximum atomic E-state index is 12.7. The van der Waals surface area contributed by atoms with Gasteiger partial charge in [-0.15, -0.1) is 0 Å². The number of fused-ring (bicyclic) bond motifs is 1. The third-order valence-corrected chi connectivity index (χ3v) is 3.41. The quantitative estimate of drug-likeness (QED) is 0.769. The highest BCUT2D eigenvalue weighted by Crippen LogP contribution is 2.30. The number of carbonyl (C=O) groups is 1. The average molecular weight is 333 g/mol. The maximum absolute atomic E-state index is 12.7. The minimum absolute atomic E-state index is 0.00916. The molecule has 0 unspecified atom stereocenters. The second-order valence-corrected chi connectivity index (χ2v) is 5.02. The van der Waals surface area contributed by atoms with Crippen LogP contribution in [0.5, 0.6) is 0 Å². The summed E-state index contributed by atoms with van der Waals surface area (Å²) < 4.78 is 43.0. The van der Waals surface area contributed by atoms with E-state index in [2.05, 4.69) is 5.32 Å². The summed E-state index contributed by atoms with van der Waals surface area (Å²) in [6.07, 6.45) is -3.51. The molecule has 1 N–H and O–H groups in total. The summed E-state index contributed by atoms with van der Waals surface area (Å²) in [5.41, 5.74) is -1.42. The van der Waals surface area contributed by atoms with Gasteiger partial charge in [0, 0.05) is 11.1 Å². The Bertz CT molecular complexity index is 976. The van der Waals surface area contributed by atoms with Crippen LogP contribution in [0.15, 0.2) is 64.0 Å². The van der Waals surface area contributed by atoms with Crippen LogP contribution in [0.25, 0.3) is 10.8 Å². The van der Waals surface area contributed by atoms with Crippen LogP contribution < -0.4 is 10.9 Å². The fourth-order valence-electron chi connectivity index (χ4n) is 2.28. The normalized spacial score (nSPS) is 11.5. The number of alkyl halides is 3. The second-order valence-electron chi connectivity index (χ2n) is 5.02. The van der Waals surface area contributed by atoms with Crippen molar-refractivity contribution in [1.82, 2.24) is 0 Å². The molecule has 0 radical (unpaired) electrons. The summed E-state index contributed by atoms with van der Waals surface area (Å²) in [6.45, 7) is 0. The number of nitrogens with one attached hydrogen (secondary N) is 1. The number of carbonyl (C=O) groups excluding carboxylic acids is 1. The zero-order chi connectivity index (χ0) is 17.3. The van der Waals surface area contributed by atoms with Crippen molar-refractivity contribution < 1.29 is 22.4 Å². The van der Waals surface area contributed by atoms with Crippen molar-refractivity contribution in [2.24, 2.45) is 0 Å². The lowest BCUT2D eigenvalue weighted by Crippen LogP contribution is -2.15. The number of hydrogen-bond donors (Lipinski definition) is 1. The van der Waals surface area contributed by atoms with Gasteiger partial charge in [0.25, 0.3) is 5.91 Å². The molecule has 0 saturated carbocycles. The topological polar surface area (TPSA) is 59.3 Å². The van der Waals surface area contributed by atoms with E-state index in [4.69, 9.17) is 4.42 Å². The summed E-state index contributed by atoms with van der Waals surface area (Å²) in [5, 5.41) is 2.96. The number of anilines is 1. The van der Waals surface area contributed by atoms with Gasteiger partial charge in [-0.3, -0.25) is 4.79 Å². The molecule has 0 aliphatic rings. The van der Waals surface area contributed by atoms with Crippen LogP contribution in [0.2, 0.25) is 0 Å². The molecule has 2 aromatic carbocycles. The number of benzene rings is 2. The van der Waals surface area contributed by atoms with E-state index >= 15 is 0 Å². The van der Waals surface area contributed by atoms with Gasteiger partial charge in [-0.25, -0.2) is 4.79 Å². The molecule has 3 rings (SSSR count). The summed E-state index contributed by atoms with van der Waals surface area (Å²) in [5.74, 6) is -0.672. The van der Waals surface area contributed by atoms with Crippen molar-refractivity contribution in [3.63, 3.8) is 0 Å². The van der Waals surface area contributed by atoms with Gasteiger partial charge in [0.1, 0.15) is 6.26 Å². The SMILES string of the molecule is O=C(Nc1cccc(C(F)(F)F)c1)c1coc(=O)c2ccccc12. The van der Waals surface area contributed by atoms with Gasteiger partial charge in [-0.05, 0) is 24.3 Å². The average Bonchev–Trinajstić information content (AvgIpc) is 2.55. The first-order valence-electron chi connectivity index (χ1n) is 6.85. The molecule has 1 amide bonds. The van der Waals surface area contributed by atoms with Crippen LogP contribution in [-0.2, 0) is 6.18 Å². The summed E-state index contributed by atoms with van der Waals surface area (Å²) in [4.78, 5) is 24.0. The molecule has 0 bridgehead atoms. The maximum Gasteiger partial charge on any atom is 0.416 e. The zero-order valence-corrected chi connectivity index (χ0v) is 12.1. The molecule has 0 spiro atoms. The molecule has 0 fully saturated rings. The summed E-state index contributed by atoms with van der Waals surface area (Å²) in [7, 11) is 0. The minimum Gasteiger partial charge on any atom is -0.430 e. The van der Waals surface area contributed by atoms with Crippen LogP contribution in [0.4, 0.5) is 18.9 Å². The smallest absolute Gasteiger partial charge is 0.416 e. The van der Waals surface area contributed by atoms with Crippen LogP contribution in [0, 0.1) is 0 Å². The van der Waals surface area contributed by atoms with Gasteiger partial charge in [-0.1, -0.05) is 24.3 Å². The van der Waals surface area contributed by atoms with E-state index in [1.807, 2.05) is 0 Å². The largest absolute Gasteiger partial charge is 0.430 e. The summed E-state index contributed by atoms with van der Waals surface area (Å²) in [6, 6.07) is 10.6. The van der Waals surface area contributed by atoms with E-state index < -0.39 is 23.3 Å². The van der Waals surface area contributed by atoms with Crippen molar-refractivity contribution in [1.29, 1.82) is 0 Å². The first-order valence-corrected chi connectivity index (χ1v) is 6.85. The predicted molar refractivity (Wildman–Crippen MR) is 81.9 cm³/mol. The van der Waals surface area contributed by atoms with E-state index in [-0.39, 0.29) is 16.6 Å². The van der Waals surface area contributed by atoms with Crippen LogP contribution in [0.3, 0.4) is 0 Å². The Kier molecular flexibility index (Phi) is 3.84. The Hall–Kier alpha value is -3.09. The Labute approximate surface area is 133 Å². The van der Waals surface area contributed by atoms with Gasteiger partial charge in [-0.2, -0.15) is 13.2 Å². The van der Waals surface area contributed by atoms with Gasteiger partial charge < -0.3 is 9.73 Å². The first kappa shape index (κ1) is 15.8. The van der Waals surface area contributed by atoms with Crippen molar-refractivity contribution in [3.05, 3.63) is 76.3 Å². The van der Waals surface area contributed by atoms with E-state index in [0.717, 1.165) is 18.4 Å². The Balaban J connectivity index is 1.97. The van der Waals surface area contributed by atoms with Crippen molar-refractivity contribution in [3.8, 4) is 0 Å². The Morgan fingerprint density at radius 3 is 2.42 bits per heavy atom. The number of halogens is 3. The molecule has 4 nitrogen and oxygen atoms in total. The first-order chi connectivity index (χ1) is 11.4. The molecule has 24 heavy (non-hydrogen) atoms. The van der Waals surface area contributed by atoms with Crippen LogP contribution in [0.1, 0.15) is 15.9 Å². The standard InChI is InChI=1S/C17H10F3NO3/c18-17(19,20)10-4-3-5-11(8-10)21-15(22)14-9-24-16(23)13-7-2-1-6-12(13)14/h1-9H,(H,21,22). The highest BCUT2D eigenvalue weighted by Gasteiger charge is 2.30.